The molecule has 0 aliphatic carbocycles. The van der Waals surface area contributed by atoms with Crippen LogP contribution in [0.5, 0.6) is 0 Å². The first-order valence-electron chi connectivity index (χ1n) is 7.64. The Hall–Kier alpha value is -3.03. The van der Waals surface area contributed by atoms with Crippen molar-refractivity contribution in [2.24, 2.45) is 0 Å². The second-order valence-electron chi connectivity index (χ2n) is 5.61. The number of carboxylic acid groups (broad SMARTS) is 1. The summed E-state index contributed by atoms with van der Waals surface area (Å²) in [5, 5.41) is 8.86. The molecule has 1 amide bonds. The number of anilines is 1. The maximum Gasteiger partial charge on any atom is 0.354 e. The van der Waals surface area contributed by atoms with Crippen LogP contribution >= 0.6 is 0 Å². The van der Waals surface area contributed by atoms with Crippen LogP contribution in [0.15, 0.2) is 36.5 Å². The van der Waals surface area contributed by atoms with E-state index in [4.69, 9.17) is 5.11 Å². The maximum atomic E-state index is 13.3. The molecule has 0 spiro atoms. The fraction of sp³-hybridized carbons (Fsp3) is 0.235. The van der Waals surface area contributed by atoms with Crippen molar-refractivity contribution in [2.75, 3.05) is 31.1 Å². The molecule has 0 radical (unpaired) electrons. The first-order chi connectivity index (χ1) is 12.0. The Balaban J connectivity index is 1.64. The smallest absolute Gasteiger partial charge is 0.354 e. The molecular formula is C17H15F2N3O3. The zero-order valence-corrected chi connectivity index (χ0v) is 13.2. The molecule has 25 heavy (non-hydrogen) atoms. The Kier molecular flexibility index (Phi) is 4.60. The van der Waals surface area contributed by atoms with Crippen LogP contribution in [0, 0.1) is 11.6 Å². The molecule has 1 aliphatic heterocycles. The van der Waals surface area contributed by atoms with E-state index < -0.39 is 17.6 Å². The number of amides is 1. The summed E-state index contributed by atoms with van der Waals surface area (Å²) in [6, 6.07) is 6.20. The maximum absolute atomic E-state index is 13.3. The van der Waals surface area contributed by atoms with Crippen molar-refractivity contribution >= 4 is 17.6 Å². The standard InChI is InChI=1S/C17H15F2N3O3/c18-13-3-1-11(9-14(13)19)16(23)22-7-5-21(6-8-22)12-2-4-15(17(24)25)20-10-12/h1-4,9-10H,5-8H2,(H,24,25). The number of aromatic nitrogens is 1. The highest BCUT2D eigenvalue weighted by molar-refractivity contribution is 5.94. The number of hydrogen-bond donors (Lipinski definition) is 1. The number of carbonyl (C=O) groups is 2. The summed E-state index contributed by atoms with van der Waals surface area (Å²) in [7, 11) is 0. The zero-order chi connectivity index (χ0) is 18.0. The molecule has 0 saturated carbocycles. The van der Waals surface area contributed by atoms with Crippen molar-refractivity contribution in [1.29, 1.82) is 0 Å². The van der Waals surface area contributed by atoms with Gasteiger partial charge >= 0.3 is 5.97 Å². The van der Waals surface area contributed by atoms with Gasteiger partial charge < -0.3 is 14.9 Å². The molecule has 0 bridgehead atoms. The summed E-state index contributed by atoms with van der Waals surface area (Å²) in [6.07, 6.45) is 1.48. The molecular weight excluding hydrogens is 332 g/mol. The van der Waals surface area contributed by atoms with Gasteiger partial charge in [-0.1, -0.05) is 0 Å². The Labute approximate surface area is 142 Å². The van der Waals surface area contributed by atoms with Gasteiger partial charge in [0.1, 0.15) is 5.69 Å². The number of piperazine rings is 1. The van der Waals surface area contributed by atoms with Gasteiger partial charge in [0, 0.05) is 31.7 Å². The van der Waals surface area contributed by atoms with Gasteiger partial charge in [-0.3, -0.25) is 4.79 Å². The highest BCUT2D eigenvalue weighted by Crippen LogP contribution is 2.18. The molecule has 1 fully saturated rings. The molecule has 1 aromatic carbocycles. The van der Waals surface area contributed by atoms with Gasteiger partial charge in [-0.05, 0) is 30.3 Å². The molecule has 1 saturated heterocycles. The van der Waals surface area contributed by atoms with Crippen LogP contribution in [-0.4, -0.2) is 53.0 Å². The lowest BCUT2D eigenvalue weighted by molar-refractivity contribution is 0.0688. The Morgan fingerprint density at radius 1 is 1.00 bits per heavy atom. The minimum Gasteiger partial charge on any atom is -0.477 e. The molecule has 130 valence electrons. The number of halogens is 2. The number of carbonyl (C=O) groups excluding carboxylic acids is 1. The van der Waals surface area contributed by atoms with Crippen molar-refractivity contribution < 1.29 is 23.5 Å². The fourth-order valence-electron chi connectivity index (χ4n) is 2.68. The summed E-state index contributed by atoms with van der Waals surface area (Å²) >= 11 is 0. The minimum absolute atomic E-state index is 0.0316. The highest BCUT2D eigenvalue weighted by atomic mass is 19.2. The molecule has 0 atom stereocenters. The lowest BCUT2D eigenvalue weighted by atomic mass is 10.1. The number of aromatic carboxylic acids is 1. The predicted molar refractivity (Wildman–Crippen MR) is 85.7 cm³/mol. The quantitative estimate of drug-likeness (QED) is 0.920. The average Bonchev–Trinajstić information content (AvgIpc) is 2.63. The van der Waals surface area contributed by atoms with Gasteiger partial charge in [-0.2, -0.15) is 0 Å². The Morgan fingerprint density at radius 3 is 2.28 bits per heavy atom. The van der Waals surface area contributed by atoms with Gasteiger partial charge in [0.15, 0.2) is 11.6 Å². The van der Waals surface area contributed by atoms with Gasteiger partial charge in [0.2, 0.25) is 0 Å². The molecule has 2 aromatic rings. The summed E-state index contributed by atoms with van der Waals surface area (Å²) in [4.78, 5) is 30.6. The van der Waals surface area contributed by atoms with E-state index in [1.54, 1.807) is 11.0 Å². The molecule has 6 nitrogen and oxygen atoms in total. The van der Waals surface area contributed by atoms with Crippen molar-refractivity contribution in [3.8, 4) is 0 Å². The van der Waals surface area contributed by atoms with Gasteiger partial charge in [-0.15, -0.1) is 0 Å². The first-order valence-corrected chi connectivity index (χ1v) is 7.64. The van der Waals surface area contributed by atoms with E-state index in [1.165, 1.54) is 18.3 Å². The van der Waals surface area contributed by atoms with E-state index in [9.17, 15) is 18.4 Å². The summed E-state index contributed by atoms with van der Waals surface area (Å²) < 4.78 is 26.2. The first kappa shape index (κ1) is 16.8. The van der Waals surface area contributed by atoms with Crippen molar-refractivity contribution in [3.05, 3.63) is 59.4 Å². The van der Waals surface area contributed by atoms with Crippen LogP contribution < -0.4 is 4.90 Å². The predicted octanol–water partition coefficient (Wildman–Crippen LogP) is 2.02. The number of rotatable bonds is 3. The number of pyridine rings is 1. The molecule has 3 rings (SSSR count). The van der Waals surface area contributed by atoms with E-state index in [2.05, 4.69) is 4.98 Å². The summed E-state index contributed by atoms with van der Waals surface area (Å²) in [5.74, 6) is -3.47. The molecule has 1 aromatic heterocycles. The monoisotopic (exact) mass is 347 g/mol. The lowest BCUT2D eigenvalue weighted by Crippen LogP contribution is -2.48. The molecule has 8 heteroatoms. The number of benzene rings is 1. The molecule has 1 N–H and O–H groups in total. The Bertz CT molecular complexity index is 803. The van der Waals surface area contributed by atoms with Gasteiger partial charge in [-0.25, -0.2) is 18.6 Å². The topological polar surface area (TPSA) is 73.7 Å². The van der Waals surface area contributed by atoms with Crippen molar-refractivity contribution in [1.82, 2.24) is 9.88 Å². The SMILES string of the molecule is O=C(O)c1ccc(N2CCN(C(=O)c3ccc(F)c(F)c3)CC2)cn1. The van der Waals surface area contributed by atoms with Crippen molar-refractivity contribution in [3.63, 3.8) is 0 Å². The fourth-order valence-corrected chi connectivity index (χ4v) is 2.68. The molecule has 2 heterocycles. The summed E-state index contributed by atoms with van der Waals surface area (Å²) in [5.41, 5.74) is 0.848. The van der Waals surface area contributed by atoms with E-state index >= 15 is 0 Å². The molecule has 1 aliphatic rings. The molecule has 0 unspecified atom stereocenters. The number of carboxylic acids is 1. The van der Waals surface area contributed by atoms with E-state index in [0.717, 1.165) is 17.8 Å². The average molecular weight is 347 g/mol. The van der Waals surface area contributed by atoms with Crippen LogP contribution in [-0.2, 0) is 0 Å². The summed E-state index contributed by atoms with van der Waals surface area (Å²) in [6.45, 7) is 1.89. The minimum atomic E-state index is -1.09. The highest BCUT2D eigenvalue weighted by Gasteiger charge is 2.23. The normalized spacial score (nSPS) is 14.5. The Morgan fingerprint density at radius 2 is 1.72 bits per heavy atom. The van der Waals surface area contributed by atoms with Crippen LogP contribution in [0.1, 0.15) is 20.8 Å². The van der Waals surface area contributed by atoms with Crippen LogP contribution in [0.2, 0.25) is 0 Å². The van der Waals surface area contributed by atoms with E-state index in [-0.39, 0.29) is 17.2 Å². The van der Waals surface area contributed by atoms with Crippen LogP contribution in [0.4, 0.5) is 14.5 Å². The van der Waals surface area contributed by atoms with Gasteiger partial charge in [0.05, 0.1) is 11.9 Å². The van der Waals surface area contributed by atoms with Crippen LogP contribution in [0.25, 0.3) is 0 Å². The lowest BCUT2D eigenvalue weighted by Gasteiger charge is -2.36. The number of nitrogens with zero attached hydrogens (tertiary/aromatic N) is 3. The van der Waals surface area contributed by atoms with Crippen LogP contribution in [0.3, 0.4) is 0 Å². The third-order valence-electron chi connectivity index (χ3n) is 4.07. The zero-order valence-electron chi connectivity index (χ0n) is 13.2. The largest absolute Gasteiger partial charge is 0.477 e. The van der Waals surface area contributed by atoms with Gasteiger partial charge in [0.25, 0.3) is 5.91 Å². The third kappa shape index (κ3) is 3.57. The second-order valence-corrected chi connectivity index (χ2v) is 5.61. The van der Waals surface area contributed by atoms with E-state index in [0.29, 0.717) is 26.2 Å². The number of hydrogen-bond acceptors (Lipinski definition) is 4. The second kappa shape index (κ2) is 6.84. The van der Waals surface area contributed by atoms with E-state index in [1.807, 2.05) is 4.90 Å². The van der Waals surface area contributed by atoms with Crippen molar-refractivity contribution in [2.45, 2.75) is 0 Å². The third-order valence-corrected chi connectivity index (χ3v) is 4.07.